The van der Waals surface area contributed by atoms with Crippen LogP contribution in [0, 0.1) is 3.57 Å². The maximum absolute atomic E-state index is 11.1. The molecule has 1 N–H and O–H groups in total. The van der Waals surface area contributed by atoms with Gasteiger partial charge in [-0.2, -0.15) is 0 Å². The second kappa shape index (κ2) is 5.53. The number of benzene rings is 1. The topological polar surface area (TPSA) is 29.1 Å². The Labute approximate surface area is 114 Å². The zero-order valence-electron chi connectivity index (χ0n) is 6.73. The lowest BCUT2D eigenvalue weighted by Crippen LogP contribution is -2.18. The Bertz CT molecular complexity index is 339. The molecule has 2 nitrogen and oxygen atoms in total. The average molecular weight is 409 g/mol. The molecule has 0 aliphatic heterocycles. The molecule has 0 saturated heterocycles. The second-order valence-corrected chi connectivity index (χ2v) is 5.71. The molecule has 0 fully saturated rings. The van der Waals surface area contributed by atoms with Gasteiger partial charge in [0.2, 0.25) is 0 Å². The quantitative estimate of drug-likeness (QED) is 0.585. The molecule has 1 aromatic rings. The highest BCUT2D eigenvalue weighted by Crippen LogP contribution is 2.21. The van der Waals surface area contributed by atoms with Crippen molar-refractivity contribution in [3.8, 4) is 0 Å². The molecule has 0 radical (unpaired) electrons. The van der Waals surface area contributed by atoms with Crippen LogP contribution in [0.1, 0.15) is 0 Å². The third kappa shape index (κ3) is 3.92. The number of alkyl halides is 2. The van der Waals surface area contributed by atoms with Crippen molar-refractivity contribution in [3.63, 3.8) is 0 Å². The largest absolute Gasteiger partial charge is 0.324 e. The van der Waals surface area contributed by atoms with Crippen molar-refractivity contribution in [2.75, 3.05) is 5.32 Å². The zero-order chi connectivity index (χ0) is 10.7. The number of halogens is 4. The summed E-state index contributed by atoms with van der Waals surface area (Å²) in [6, 6.07) is 5.52. The lowest BCUT2D eigenvalue weighted by atomic mass is 10.3. The summed E-state index contributed by atoms with van der Waals surface area (Å²) in [7, 11) is 0. The molecule has 76 valence electrons. The van der Waals surface area contributed by atoms with Crippen molar-refractivity contribution in [2.24, 2.45) is 0 Å². The fourth-order valence-corrected chi connectivity index (χ4v) is 2.52. The first-order valence-electron chi connectivity index (χ1n) is 3.54. The van der Waals surface area contributed by atoms with Crippen LogP contribution in [-0.4, -0.2) is 10.7 Å². The number of nitrogens with one attached hydrogen (secondary N) is 1. The summed E-state index contributed by atoms with van der Waals surface area (Å²) in [5.41, 5.74) is 0.667. The molecule has 0 saturated carbocycles. The number of anilines is 1. The van der Waals surface area contributed by atoms with Crippen LogP contribution < -0.4 is 5.32 Å². The van der Waals surface area contributed by atoms with Crippen LogP contribution in [0.3, 0.4) is 0 Å². The standard InChI is InChI=1S/C8H5BrCl2INO/c9-4-1-5(12)3-6(2-4)13-8(14)7(10)11/h1-3,7H,(H,13,14). The summed E-state index contributed by atoms with van der Waals surface area (Å²) >= 11 is 16.3. The Morgan fingerprint density at radius 2 is 2.07 bits per heavy atom. The zero-order valence-corrected chi connectivity index (χ0v) is 12.0. The van der Waals surface area contributed by atoms with Crippen LogP contribution >= 0.6 is 61.7 Å². The fraction of sp³-hybridized carbons (Fsp3) is 0.125. The van der Waals surface area contributed by atoms with Crippen LogP contribution in [0.15, 0.2) is 22.7 Å². The van der Waals surface area contributed by atoms with Crippen molar-refractivity contribution >= 4 is 73.3 Å². The molecule has 0 spiro atoms. The summed E-state index contributed by atoms with van der Waals surface area (Å²) in [5.74, 6) is -0.428. The molecule has 1 amide bonds. The first-order chi connectivity index (χ1) is 6.49. The van der Waals surface area contributed by atoms with Crippen LogP contribution in [0.4, 0.5) is 5.69 Å². The van der Waals surface area contributed by atoms with E-state index >= 15 is 0 Å². The van der Waals surface area contributed by atoms with Crippen molar-refractivity contribution in [2.45, 2.75) is 4.84 Å². The van der Waals surface area contributed by atoms with Gasteiger partial charge >= 0.3 is 0 Å². The third-order valence-electron chi connectivity index (χ3n) is 1.33. The molecule has 1 aromatic carbocycles. The Kier molecular flexibility index (Phi) is 4.96. The van der Waals surface area contributed by atoms with Gasteiger partial charge in [-0.15, -0.1) is 0 Å². The number of amides is 1. The maximum atomic E-state index is 11.1. The van der Waals surface area contributed by atoms with Gasteiger partial charge in [-0.1, -0.05) is 39.1 Å². The van der Waals surface area contributed by atoms with Crippen LogP contribution in [0.2, 0.25) is 0 Å². The first-order valence-corrected chi connectivity index (χ1v) is 6.28. The summed E-state index contributed by atoms with van der Waals surface area (Å²) in [6.07, 6.45) is 0. The van der Waals surface area contributed by atoms with Crippen LogP contribution in [0.5, 0.6) is 0 Å². The van der Waals surface area contributed by atoms with E-state index in [1.807, 2.05) is 12.1 Å². The molecule has 0 bridgehead atoms. The van der Waals surface area contributed by atoms with E-state index in [0.29, 0.717) is 5.69 Å². The fourth-order valence-electron chi connectivity index (χ4n) is 0.823. The summed E-state index contributed by atoms with van der Waals surface area (Å²) < 4.78 is 1.90. The van der Waals surface area contributed by atoms with Gasteiger partial charge in [0.15, 0.2) is 4.84 Å². The molecular formula is C8H5BrCl2INO. The summed E-state index contributed by atoms with van der Waals surface area (Å²) in [5, 5.41) is 2.59. The van der Waals surface area contributed by atoms with Crippen molar-refractivity contribution in [1.82, 2.24) is 0 Å². The van der Waals surface area contributed by atoms with E-state index in [2.05, 4.69) is 43.8 Å². The highest BCUT2D eigenvalue weighted by Gasteiger charge is 2.11. The van der Waals surface area contributed by atoms with Gasteiger partial charge in [0.1, 0.15) is 0 Å². The van der Waals surface area contributed by atoms with E-state index in [1.54, 1.807) is 6.07 Å². The third-order valence-corrected chi connectivity index (χ3v) is 2.81. The average Bonchev–Trinajstić information content (AvgIpc) is 2.01. The van der Waals surface area contributed by atoms with Crippen LogP contribution in [-0.2, 0) is 4.79 Å². The van der Waals surface area contributed by atoms with Crippen molar-refractivity contribution in [1.29, 1.82) is 0 Å². The Morgan fingerprint density at radius 3 is 2.57 bits per heavy atom. The van der Waals surface area contributed by atoms with E-state index in [-0.39, 0.29) is 0 Å². The Balaban J connectivity index is 2.82. The number of carbonyl (C=O) groups is 1. The van der Waals surface area contributed by atoms with Crippen molar-refractivity contribution < 1.29 is 4.79 Å². The van der Waals surface area contributed by atoms with E-state index in [1.165, 1.54) is 0 Å². The monoisotopic (exact) mass is 407 g/mol. The van der Waals surface area contributed by atoms with E-state index in [4.69, 9.17) is 23.2 Å². The molecule has 0 unspecified atom stereocenters. The predicted octanol–water partition coefficient (Wildman–Crippen LogP) is 3.80. The van der Waals surface area contributed by atoms with Gasteiger partial charge in [0.25, 0.3) is 5.91 Å². The van der Waals surface area contributed by atoms with Gasteiger partial charge in [-0.05, 0) is 40.8 Å². The smallest absolute Gasteiger partial charge is 0.257 e. The lowest BCUT2D eigenvalue weighted by Gasteiger charge is -2.06. The first kappa shape index (κ1) is 12.5. The van der Waals surface area contributed by atoms with Gasteiger partial charge in [0.05, 0.1) is 0 Å². The predicted molar refractivity (Wildman–Crippen MR) is 71.0 cm³/mol. The Hall–Kier alpha value is 0.480. The highest BCUT2D eigenvalue weighted by atomic mass is 127. The number of rotatable bonds is 2. The molecule has 1 rings (SSSR count). The summed E-state index contributed by atoms with van der Waals surface area (Å²) in [6.45, 7) is 0. The molecular weight excluding hydrogens is 404 g/mol. The minimum absolute atomic E-state index is 0.428. The number of carbonyl (C=O) groups excluding carboxylic acids is 1. The maximum Gasteiger partial charge on any atom is 0.257 e. The number of hydrogen-bond donors (Lipinski definition) is 1. The van der Waals surface area contributed by atoms with Gasteiger partial charge in [-0.3, -0.25) is 4.79 Å². The second-order valence-electron chi connectivity index (χ2n) is 2.45. The highest BCUT2D eigenvalue weighted by molar-refractivity contribution is 14.1. The lowest BCUT2D eigenvalue weighted by molar-refractivity contribution is -0.114. The van der Waals surface area contributed by atoms with Gasteiger partial charge in [-0.25, -0.2) is 0 Å². The molecule has 6 heteroatoms. The number of hydrogen-bond acceptors (Lipinski definition) is 1. The molecule has 0 aromatic heterocycles. The SMILES string of the molecule is O=C(Nc1cc(Br)cc(I)c1)C(Cl)Cl. The minimum atomic E-state index is -1.05. The molecule has 14 heavy (non-hydrogen) atoms. The summed E-state index contributed by atoms with van der Waals surface area (Å²) in [4.78, 5) is 10.1. The molecule has 0 heterocycles. The van der Waals surface area contributed by atoms with Crippen molar-refractivity contribution in [3.05, 3.63) is 26.2 Å². The molecule has 0 aliphatic carbocycles. The normalized spacial score (nSPS) is 10.4. The molecule has 0 atom stereocenters. The van der Waals surface area contributed by atoms with E-state index in [0.717, 1.165) is 8.04 Å². The van der Waals surface area contributed by atoms with Gasteiger partial charge < -0.3 is 5.32 Å². The van der Waals surface area contributed by atoms with E-state index < -0.39 is 10.7 Å². The Morgan fingerprint density at radius 1 is 1.43 bits per heavy atom. The van der Waals surface area contributed by atoms with Crippen LogP contribution in [0.25, 0.3) is 0 Å². The minimum Gasteiger partial charge on any atom is -0.324 e. The van der Waals surface area contributed by atoms with Gasteiger partial charge in [0, 0.05) is 13.7 Å². The van der Waals surface area contributed by atoms with E-state index in [9.17, 15) is 4.79 Å². The molecule has 0 aliphatic rings.